The Balaban J connectivity index is 2.58. The standard InChI is InChI=1S/C11H20N2O3S/c1-4-5-9(2)13-8-10-6-7-11(16-10)17(14,15)12-3/h6-7,9,12-13H,4-5,8H2,1-3H3. The van der Waals surface area contributed by atoms with Crippen molar-refractivity contribution in [3.8, 4) is 0 Å². The molecule has 0 radical (unpaired) electrons. The van der Waals surface area contributed by atoms with Crippen LogP contribution >= 0.6 is 0 Å². The molecule has 0 spiro atoms. The van der Waals surface area contributed by atoms with Crippen LogP contribution < -0.4 is 10.0 Å². The molecular formula is C11H20N2O3S. The molecule has 0 saturated heterocycles. The zero-order valence-corrected chi connectivity index (χ0v) is 11.3. The van der Waals surface area contributed by atoms with Gasteiger partial charge in [-0.15, -0.1) is 0 Å². The van der Waals surface area contributed by atoms with Gasteiger partial charge in [0.2, 0.25) is 5.09 Å². The maximum atomic E-state index is 11.4. The van der Waals surface area contributed by atoms with E-state index < -0.39 is 10.0 Å². The minimum atomic E-state index is -3.47. The summed E-state index contributed by atoms with van der Waals surface area (Å²) in [4.78, 5) is 0. The van der Waals surface area contributed by atoms with E-state index >= 15 is 0 Å². The van der Waals surface area contributed by atoms with Crippen LogP contribution in [0.2, 0.25) is 0 Å². The van der Waals surface area contributed by atoms with Crippen molar-refractivity contribution in [1.82, 2.24) is 10.0 Å². The molecule has 1 rings (SSSR count). The number of nitrogens with one attached hydrogen (secondary N) is 2. The molecule has 0 aliphatic carbocycles. The Hall–Kier alpha value is -0.850. The van der Waals surface area contributed by atoms with Crippen LogP contribution in [-0.4, -0.2) is 21.5 Å². The molecule has 98 valence electrons. The van der Waals surface area contributed by atoms with E-state index in [0.717, 1.165) is 12.8 Å². The zero-order valence-electron chi connectivity index (χ0n) is 10.5. The lowest BCUT2D eigenvalue weighted by molar-refractivity contribution is 0.386. The number of rotatable bonds is 7. The summed E-state index contributed by atoms with van der Waals surface area (Å²) < 4.78 is 30.3. The fourth-order valence-electron chi connectivity index (χ4n) is 1.51. The highest BCUT2D eigenvalue weighted by atomic mass is 32.2. The first-order valence-corrected chi connectivity index (χ1v) is 7.23. The Morgan fingerprint density at radius 3 is 2.71 bits per heavy atom. The summed E-state index contributed by atoms with van der Waals surface area (Å²) in [7, 11) is -2.11. The molecule has 0 saturated carbocycles. The lowest BCUT2D eigenvalue weighted by Gasteiger charge is -2.10. The maximum absolute atomic E-state index is 11.4. The van der Waals surface area contributed by atoms with E-state index in [1.165, 1.54) is 13.1 Å². The highest BCUT2D eigenvalue weighted by Gasteiger charge is 2.16. The van der Waals surface area contributed by atoms with Gasteiger partial charge in [0.25, 0.3) is 10.0 Å². The number of hydrogen-bond donors (Lipinski definition) is 2. The number of sulfonamides is 1. The fourth-order valence-corrected chi connectivity index (χ4v) is 2.17. The summed E-state index contributed by atoms with van der Waals surface area (Å²) in [5, 5.41) is 3.23. The van der Waals surface area contributed by atoms with Gasteiger partial charge in [-0.25, -0.2) is 13.1 Å². The van der Waals surface area contributed by atoms with Gasteiger partial charge in [-0.2, -0.15) is 0 Å². The minimum Gasteiger partial charge on any atom is -0.447 e. The monoisotopic (exact) mass is 260 g/mol. The van der Waals surface area contributed by atoms with Crippen LogP contribution in [0, 0.1) is 0 Å². The molecule has 1 heterocycles. The molecule has 0 amide bonds. The van der Waals surface area contributed by atoms with E-state index in [4.69, 9.17) is 4.42 Å². The Morgan fingerprint density at radius 2 is 2.12 bits per heavy atom. The second kappa shape index (κ2) is 6.18. The van der Waals surface area contributed by atoms with Crippen molar-refractivity contribution < 1.29 is 12.8 Å². The van der Waals surface area contributed by atoms with Crippen LogP contribution in [-0.2, 0) is 16.6 Å². The van der Waals surface area contributed by atoms with Crippen LogP contribution in [0.1, 0.15) is 32.4 Å². The van der Waals surface area contributed by atoms with Gasteiger partial charge in [-0.1, -0.05) is 13.3 Å². The number of furan rings is 1. The van der Waals surface area contributed by atoms with Crippen molar-refractivity contribution in [2.75, 3.05) is 7.05 Å². The van der Waals surface area contributed by atoms with Gasteiger partial charge in [0, 0.05) is 6.04 Å². The highest BCUT2D eigenvalue weighted by Crippen LogP contribution is 2.13. The van der Waals surface area contributed by atoms with E-state index in [-0.39, 0.29) is 5.09 Å². The summed E-state index contributed by atoms with van der Waals surface area (Å²) >= 11 is 0. The molecule has 0 aliphatic rings. The van der Waals surface area contributed by atoms with Crippen molar-refractivity contribution in [2.24, 2.45) is 0 Å². The second-order valence-corrected chi connectivity index (χ2v) is 5.82. The Labute approximate surface area is 103 Å². The molecule has 5 nitrogen and oxygen atoms in total. The van der Waals surface area contributed by atoms with Crippen molar-refractivity contribution in [3.63, 3.8) is 0 Å². The lowest BCUT2D eigenvalue weighted by Crippen LogP contribution is -2.24. The average Bonchev–Trinajstić information content (AvgIpc) is 2.76. The third-order valence-corrected chi connectivity index (χ3v) is 3.80. The van der Waals surface area contributed by atoms with Gasteiger partial charge in [0.05, 0.1) is 6.54 Å². The largest absolute Gasteiger partial charge is 0.447 e. The van der Waals surface area contributed by atoms with Gasteiger partial charge in [0.1, 0.15) is 5.76 Å². The first-order chi connectivity index (χ1) is 7.99. The highest BCUT2D eigenvalue weighted by molar-refractivity contribution is 7.89. The molecular weight excluding hydrogens is 240 g/mol. The van der Waals surface area contributed by atoms with Crippen LogP contribution in [0.3, 0.4) is 0 Å². The van der Waals surface area contributed by atoms with Gasteiger partial charge in [0.15, 0.2) is 0 Å². The molecule has 1 atom stereocenters. The average molecular weight is 260 g/mol. The Kier molecular flexibility index (Phi) is 5.17. The summed E-state index contributed by atoms with van der Waals surface area (Å²) in [6, 6.07) is 3.54. The third-order valence-electron chi connectivity index (χ3n) is 2.52. The molecule has 0 aromatic carbocycles. The van der Waals surface area contributed by atoms with E-state index in [1.54, 1.807) is 6.07 Å². The Bertz CT molecular complexity index is 439. The number of hydrogen-bond acceptors (Lipinski definition) is 4. The first-order valence-electron chi connectivity index (χ1n) is 5.75. The summed E-state index contributed by atoms with van der Waals surface area (Å²) in [5.41, 5.74) is 0. The summed E-state index contributed by atoms with van der Waals surface area (Å²) in [6.07, 6.45) is 2.20. The van der Waals surface area contributed by atoms with Crippen molar-refractivity contribution in [3.05, 3.63) is 17.9 Å². The molecule has 2 N–H and O–H groups in total. The van der Waals surface area contributed by atoms with Gasteiger partial charge < -0.3 is 9.73 Å². The zero-order chi connectivity index (χ0) is 12.9. The van der Waals surface area contributed by atoms with Gasteiger partial charge >= 0.3 is 0 Å². The predicted molar refractivity (Wildman–Crippen MR) is 66.2 cm³/mol. The van der Waals surface area contributed by atoms with Crippen LogP contribution in [0.4, 0.5) is 0 Å². The SMILES string of the molecule is CCCC(C)NCc1ccc(S(=O)(=O)NC)o1. The van der Waals surface area contributed by atoms with Crippen molar-refractivity contribution in [1.29, 1.82) is 0 Å². The fraction of sp³-hybridized carbons (Fsp3) is 0.636. The van der Waals surface area contributed by atoms with Gasteiger partial charge in [-0.05, 0) is 32.5 Å². The van der Waals surface area contributed by atoms with E-state index in [0.29, 0.717) is 18.3 Å². The molecule has 0 aliphatic heterocycles. The van der Waals surface area contributed by atoms with Crippen molar-refractivity contribution >= 4 is 10.0 Å². The quantitative estimate of drug-likeness (QED) is 0.778. The molecule has 17 heavy (non-hydrogen) atoms. The molecule has 0 bridgehead atoms. The normalized spacial score (nSPS) is 13.8. The molecule has 1 aromatic heterocycles. The molecule has 1 unspecified atom stereocenters. The molecule has 1 aromatic rings. The molecule has 0 fully saturated rings. The smallest absolute Gasteiger partial charge is 0.273 e. The van der Waals surface area contributed by atoms with E-state index in [1.807, 2.05) is 0 Å². The minimum absolute atomic E-state index is 0.0417. The Morgan fingerprint density at radius 1 is 1.41 bits per heavy atom. The first kappa shape index (κ1) is 14.2. The molecule has 6 heteroatoms. The topological polar surface area (TPSA) is 71.3 Å². The predicted octanol–water partition coefficient (Wildman–Crippen LogP) is 1.47. The third kappa shape index (κ3) is 4.14. The second-order valence-electron chi connectivity index (χ2n) is 4.00. The van der Waals surface area contributed by atoms with Crippen LogP contribution in [0.5, 0.6) is 0 Å². The van der Waals surface area contributed by atoms with Crippen molar-refractivity contribution in [2.45, 2.75) is 44.4 Å². The summed E-state index contributed by atoms with van der Waals surface area (Å²) in [5.74, 6) is 0.627. The van der Waals surface area contributed by atoms with Crippen LogP contribution in [0.25, 0.3) is 0 Å². The van der Waals surface area contributed by atoms with E-state index in [9.17, 15) is 8.42 Å². The van der Waals surface area contributed by atoms with E-state index in [2.05, 4.69) is 23.9 Å². The summed E-state index contributed by atoms with van der Waals surface area (Å²) in [6.45, 7) is 4.76. The lowest BCUT2D eigenvalue weighted by atomic mass is 10.2. The van der Waals surface area contributed by atoms with Crippen LogP contribution in [0.15, 0.2) is 21.6 Å². The van der Waals surface area contributed by atoms with Gasteiger partial charge in [-0.3, -0.25) is 0 Å². The maximum Gasteiger partial charge on any atom is 0.273 e.